The van der Waals surface area contributed by atoms with Gasteiger partial charge < -0.3 is 20.1 Å². The van der Waals surface area contributed by atoms with E-state index in [4.69, 9.17) is 14.5 Å². The second-order valence-corrected chi connectivity index (χ2v) is 9.59. The van der Waals surface area contributed by atoms with Crippen molar-refractivity contribution in [1.82, 2.24) is 20.4 Å². The van der Waals surface area contributed by atoms with Gasteiger partial charge in [0.05, 0.1) is 26.9 Å². The van der Waals surface area contributed by atoms with Crippen LogP contribution in [0.5, 0.6) is 5.75 Å². The lowest BCUT2D eigenvalue weighted by Crippen LogP contribution is -2.52. The van der Waals surface area contributed by atoms with Crippen molar-refractivity contribution in [3.05, 3.63) is 29.8 Å². The number of guanidine groups is 1. The summed E-state index contributed by atoms with van der Waals surface area (Å²) in [5, 5.41) is 7.10. The van der Waals surface area contributed by atoms with E-state index in [0.717, 1.165) is 64.2 Å². The number of halogens is 1. The SMILES string of the molecule is CCNC(=NCC(C)(C)N1CCOCC1)NCC1CCCN(C)C1c1ccc(OC)cc1.I. The van der Waals surface area contributed by atoms with Crippen LogP contribution >= 0.6 is 24.0 Å². The van der Waals surface area contributed by atoms with Crippen LogP contribution < -0.4 is 15.4 Å². The van der Waals surface area contributed by atoms with Gasteiger partial charge in [0.15, 0.2) is 5.96 Å². The average molecular weight is 574 g/mol. The Morgan fingerprint density at radius 2 is 1.85 bits per heavy atom. The molecule has 2 aliphatic rings. The number of hydrogen-bond acceptors (Lipinski definition) is 5. The fourth-order valence-electron chi connectivity index (χ4n) is 4.91. The number of methoxy groups -OCH3 is 1. The molecule has 0 spiro atoms. The number of likely N-dealkylation sites (tertiary alicyclic amines) is 1. The first-order chi connectivity index (χ1) is 15.4. The monoisotopic (exact) mass is 573 g/mol. The number of aliphatic imine (C=N–C) groups is 1. The first-order valence-electron chi connectivity index (χ1n) is 12.1. The van der Waals surface area contributed by atoms with Gasteiger partial charge in [-0.2, -0.15) is 0 Å². The lowest BCUT2D eigenvalue weighted by Gasteiger charge is -2.40. The summed E-state index contributed by atoms with van der Waals surface area (Å²) in [5.41, 5.74) is 1.37. The molecule has 2 unspecified atom stereocenters. The average Bonchev–Trinajstić information content (AvgIpc) is 2.81. The molecule has 2 N–H and O–H groups in total. The number of piperidine rings is 1. The molecule has 2 aliphatic heterocycles. The fourth-order valence-corrected chi connectivity index (χ4v) is 4.91. The van der Waals surface area contributed by atoms with E-state index in [-0.39, 0.29) is 29.5 Å². The molecule has 1 aromatic carbocycles. The van der Waals surface area contributed by atoms with Crippen molar-refractivity contribution in [2.45, 2.75) is 45.2 Å². The maximum atomic E-state index is 5.52. The van der Waals surface area contributed by atoms with Crippen molar-refractivity contribution < 1.29 is 9.47 Å². The van der Waals surface area contributed by atoms with E-state index >= 15 is 0 Å². The summed E-state index contributed by atoms with van der Waals surface area (Å²) in [5.74, 6) is 2.35. The van der Waals surface area contributed by atoms with Gasteiger partial charge in [-0.1, -0.05) is 12.1 Å². The predicted molar refractivity (Wildman–Crippen MR) is 147 cm³/mol. The van der Waals surface area contributed by atoms with Crippen molar-refractivity contribution in [2.24, 2.45) is 10.9 Å². The summed E-state index contributed by atoms with van der Waals surface area (Å²) < 4.78 is 10.9. The first kappa shape index (κ1) is 28.1. The molecule has 0 aliphatic carbocycles. The molecular weight excluding hydrogens is 529 g/mol. The van der Waals surface area contributed by atoms with E-state index in [1.54, 1.807) is 7.11 Å². The van der Waals surface area contributed by atoms with Gasteiger partial charge in [-0.25, -0.2) is 0 Å². The van der Waals surface area contributed by atoms with Crippen LogP contribution in [-0.4, -0.2) is 87.9 Å². The smallest absolute Gasteiger partial charge is 0.191 e. The van der Waals surface area contributed by atoms with Crippen molar-refractivity contribution in [2.75, 3.05) is 66.6 Å². The zero-order chi connectivity index (χ0) is 23.0. The van der Waals surface area contributed by atoms with E-state index in [2.05, 4.69) is 72.5 Å². The zero-order valence-corrected chi connectivity index (χ0v) is 23.4. The summed E-state index contributed by atoms with van der Waals surface area (Å²) in [6, 6.07) is 8.96. The second-order valence-electron chi connectivity index (χ2n) is 9.59. The highest BCUT2D eigenvalue weighted by atomic mass is 127. The van der Waals surface area contributed by atoms with Gasteiger partial charge in [-0.05, 0) is 70.8 Å². The number of nitrogens with one attached hydrogen (secondary N) is 2. The predicted octanol–water partition coefficient (Wildman–Crippen LogP) is 3.36. The van der Waals surface area contributed by atoms with Crippen LogP contribution in [0.2, 0.25) is 0 Å². The normalized spacial score (nSPS) is 23.0. The first-order valence-corrected chi connectivity index (χ1v) is 12.1. The number of rotatable bonds is 8. The highest BCUT2D eigenvalue weighted by Crippen LogP contribution is 2.35. The molecule has 7 nitrogen and oxygen atoms in total. The summed E-state index contributed by atoms with van der Waals surface area (Å²) in [7, 11) is 3.96. The number of ether oxygens (including phenoxy) is 2. The Labute approximate surface area is 217 Å². The van der Waals surface area contributed by atoms with Gasteiger partial charge in [0.25, 0.3) is 0 Å². The minimum Gasteiger partial charge on any atom is -0.497 e. The quantitative estimate of drug-likeness (QED) is 0.283. The van der Waals surface area contributed by atoms with Crippen LogP contribution in [0.3, 0.4) is 0 Å². The third-order valence-corrected chi connectivity index (χ3v) is 6.83. The van der Waals surface area contributed by atoms with Crippen molar-refractivity contribution in [1.29, 1.82) is 0 Å². The molecule has 2 atom stereocenters. The van der Waals surface area contributed by atoms with Crippen LogP contribution in [0.15, 0.2) is 29.3 Å². The lowest BCUT2D eigenvalue weighted by atomic mass is 9.85. The molecule has 0 amide bonds. The van der Waals surface area contributed by atoms with E-state index in [1.807, 2.05) is 0 Å². The Kier molecular flexibility index (Phi) is 11.7. The topological polar surface area (TPSA) is 61.4 Å². The van der Waals surface area contributed by atoms with Gasteiger partial charge in [-0.15, -0.1) is 24.0 Å². The Morgan fingerprint density at radius 3 is 2.48 bits per heavy atom. The number of hydrogen-bond donors (Lipinski definition) is 2. The van der Waals surface area contributed by atoms with Gasteiger partial charge in [0, 0.05) is 37.8 Å². The molecule has 0 aromatic heterocycles. The van der Waals surface area contributed by atoms with Gasteiger partial charge in [0.2, 0.25) is 0 Å². The summed E-state index contributed by atoms with van der Waals surface area (Å²) in [6.07, 6.45) is 2.44. The molecular formula is C25H44IN5O2. The van der Waals surface area contributed by atoms with Crippen LogP contribution in [0.4, 0.5) is 0 Å². The van der Waals surface area contributed by atoms with Crippen molar-refractivity contribution in [3.63, 3.8) is 0 Å². The Bertz CT molecular complexity index is 722. The summed E-state index contributed by atoms with van der Waals surface area (Å²) >= 11 is 0. The lowest BCUT2D eigenvalue weighted by molar-refractivity contribution is -0.00684. The summed E-state index contributed by atoms with van der Waals surface area (Å²) in [4.78, 5) is 9.94. The molecule has 8 heteroatoms. The molecule has 3 rings (SSSR count). The number of nitrogens with zero attached hydrogens (tertiary/aromatic N) is 3. The van der Waals surface area contributed by atoms with Crippen LogP contribution in [0.25, 0.3) is 0 Å². The molecule has 188 valence electrons. The van der Waals surface area contributed by atoms with Crippen molar-refractivity contribution in [3.8, 4) is 5.75 Å². The summed E-state index contributed by atoms with van der Waals surface area (Å²) in [6.45, 7) is 13.9. The van der Waals surface area contributed by atoms with Gasteiger partial charge in [0.1, 0.15) is 5.75 Å². The fraction of sp³-hybridized carbons (Fsp3) is 0.720. The Hall–Kier alpha value is -1.10. The molecule has 0 bridgehead atoms. The number of morpholine rings is 1. The maximum absolute atomic E-state index is 5.52. The highest BCUT2D eigenvalue weighted by Gasteiger charge is 2.31. The van der Waals surface area contributed by atoms with E-state index in [9.17, 15) is 0 Å². The third-order valence-electron chi connectivity index (χ3n) is 6.83. The van der Waals surface area contributed by atoms with E-state index < -0.39 is 0 Å². The largest absolute Gasteiger partial charge is 0.497 e. The van der Waals surface area contributed by atoms with Crippen LogP contribution in [0, 0.1) is 5.92 Å². The molecule has 2 saturated heterocycles. The maximum Gasteiger partial charge on any atom is 0.191 e. The van der Waals surface area contributed by atoms with Crippen LogP contribution in [-0.2, 0) is 4.74 Å². The third kappa shape index (κ3) is 7.97. The van der Waals surface area contributed by atoms with Gasteiger partial charge in [-0.3, -0.25) is 14.8 Å². The molecule has 2 fully saturated rings. The van der Waals surface area contributed by atoms with E-state index in [1.165, 1.54) is 18.4 Å². The Balaban J connectivity index is 0.00000385. The molecule has 0 saturated carbocycles. The van der Waals surface area contributed by atoms with Gasteiger partial charge >= 0.3 is 0 Å². The number of benzene rings is 1. The molecule has 1 aromatic rings. The molecule has 33 heavy (non-hydrogen) atoms. The minimum absolute atomic E-state index is 0. The molecule has 2 heterocycles. The molecule has 0 radical (unpaired) electrons. The standard InChI is InChI=1S/C25H43N5O2.HI/c1-6-26-24(28-19-25(2,3)30-14-16-32-17-15-30)27-18-21-8-7-13-29(4)23(21)20-9-11-22(31-5)12-10-20;/h9-12,21,23H,6-8,13-19H2,1-5H3,(H2,26,27,28);1H. The Morgan fingerprint density at radius 1 is 1.15 bits per heavy atom. The zero-order valence-electron chi connectivity index (χ0n) is 21.1. The minimum atomic E-state index is 0. The van der Waals surface area contributed by atoms with Crippen molar-refractivity contribution >= 4 is 29.9 Å². The van der Waals surface area contributed by atoms with E-state index in [0.29, 0.717) is 12.0 Å². The highest BCUT2D eigenvalue weighted by molar-refractivity contribution is 14.0. The second kappa shape index (κ2) is 13.7. The van der Waals surface area contributed by atoms with Crippen LogP contribution in [0.1, 0.15) is 45.2 Å².